The zero-order valence-electron chi connectivity index (χ0n) is 15.4. The van der Waals surface area contributed by atoms with Gasteiger partial charge in [-0.25, -0.2) is 0 Å². The first-order chi connectivity index (χ1) is 11.8. The van der Waals surface area contributed by atoms with E-state index in [1.165, 1.54) is 28.1 Å². The average Bonchev–Trinajstić information content (AvgIpc) is 2.80. The van der Waals surface area contributed by atoms with Gasteiger partial charge in [-0.1, -0.05) is 37.6 Å². The molecule has 0 amide bonds. The van der Waals surface area contributed by atoms with Gasteiger partial charge in [0.15, 0.2) is 0 Å². The predicted octanol–water partition coefficient (Wildman–Crippen LogP) is 6.24. The molecule has 0 saturated carbocycles. The van der Waals surface area contributed by atoms with Crippen molar-refractivity contribution < 1.29 is 0 Å². The Morgan fingerprint density at radius 3 is 2.56 bits per heavy atom. The molecule has 2 nitrogen and oxygen atoms in total. The highest BCUT2D eigenvalue weighted by atomic mass is 35.5. The number of aromatic nitrogens is 1. The third-order valence-electron chi connectivity index (χ3n) is 5.40. The Balaban J connectivity index is 2.05. The SMILES string of the molecule is Cc1ccc2c(c1)N(c1c(C)c(C)nc3ccc(Cl)cc13)CC2(C)C. The van der Waals surface area contributed by atoms with Gasteiger partial charge >= 0.3 is 0 Å². The fourth-order valence-corrected chi connectivity index (χ4v) is 4.16. The van der Waals surface area contributed by atoms with E-state index in [2.05, 4.69) is 57.7 Å². The Hall–Kier alpha value is -2.06. The predicted molar refractivity (Wildman–Crippen MR) is 107 cm³/mol. The van der Waals surface area contributed by atoms with E-state index in [0.29, 0.717) is 0 Å². The van der Waals surface area contributed by atoms with Gasteiger partial charge in [-0.3, -0.25) is 4.98 Å². The van der Waals surface area contributed by atoms with Gasteiger partial charge in [0.25, 0.3) is 0 Å². The van der Waals surface area contributed by atoms with Crippen molar-refractivity contribution in [2.24, 2.45) is 0 Å². The van der Waals surface area contributed by atoms with Crippen molar-refractivity contribution in [3.8, 4) is 0 Å². The summed E-state index contributed by atoms with van der Waals surface area (Å²) in [5.41, 5.74) is 8.64. The summed E-state index contributed by atoms with van der Waals surface area (Å²) in [6.45, 7) is 12.0. The quantitative estimate of drug-likeness (QED) is 0.516. The monoisotopic (exact) mass is 350 g/mol. The first-order valence-electron chi connectivity index (χ1n) is 8.73. The number of halogens is 1. The average molecular weight is 351 g/mol. The van der Waals surface area contributed by atoms with Crippen LogP contribution in [0.2, 0.25) is 5.02 Å². The summed E-state index contributed by atoms with van der Waals surface area (Å²) in [4.78, 5) is 7.24. The summed E-state index contributed by atoms with van der Waals surface area (Å²) < 4.78 is 0. The van der Waals surface area contributed by atoms with E-state index in [4.69, 9.17) is 16.6 Å². The van der Waals surface area contributed by atoms with Crippen molar-refractivity contribution >= 4 is 33.9 Å². The Morgan fingerprint density at radius 2 is 1.80 bits per heavy atom. The minimum atomic E-state index is 0.109. The second-order valence-corrected chi connectivity index (χ2v) is 8.26. The molecule has 4 rings (SSSR count). The Bertz CT molecular complexity index is 1000. The molecule has 0 unspecified atom stereocenters. The summed E-state index contributed by atoms with van der Waals surface area (Å²) in [7, 11) is 0. The molecule has 1 aliphatic heterocycles. The van der Waals surface area contributed by atoms with Crippen LogP contribution in [-0.4, -0.2) is 11.5 Å². The molecule has 0 radical (unpaired) electrons. The van der Waals surface area contributed by atoms with E-state index in [-0.39, 0.29) is 5.41 Å². The number of nitrogens with zero attached hydrogens (tertiary/aromatic N) is 2. The number of benzene rings is 2. The van der Waals surface area contributed by atoms with Crippen molar-refractivity contribution in [1.29, 1.82) is 0 Å². The van der Waals surface area contributed by atoms with Crippen LogP contribution in [0.5, 0.6) is 0 Å². The normalized spacial score (nSPS) is 15.7. The largest absolute Gasteiger partial charge is 0.340 e. The Labute approximate surface area is 154 Å². The fraction of sp³-hybridized carbons (Fsp3) is 0.318. The smallest absolute Gasteiger partial charge is 0.0727 e. The fourth-order valence-electron chi connectivity index (χ4n) is 3.98. The Morgan fingerprint density at radius 1 is 1.04 bits per heavy atom. The van der Waals surface area contributed by atoms with Crippen LogP contribution < -0.4 is 4.90 Å². The van der Waals surface area contributed by atoms with Crippen LogP contribution in [0.15, 0.2) is 36.4 Å². The molecule has 0 spiro atoms. The molecule has 1 aromatic heterocycles. The first-order valence-corrected chi connectivity index (χ1v) is 9.11. The summed E-state index contributed by atoms with van der Waals surface area (Å²) in [6, 6.07) is 12.8. The van der Waals surface area contributed by atoms with Crippen molar-refractivity contribution in [1.82, 2.24) is 4.98 Å². The van der Waals surface area contributed by atoms with Gasteiger partial charge in [0, 0.05) is 33.7 Å². The zero-order chi connectivity index (χ0) is 17.9. The molecule has 25 heavy (non-hydrogen) atoms. The third kappa shape index (κ3) is 2.51. The summed E-state index contributed by atoms with van der Waals surface area (Å²) in [6.07, 6.45) is 0. The summed E-state index contributed by atoms with van der Waals surface area (Å²) >= 11 is 6.32. The minimum Gasteiger partial charge on any atom is -0.340 e. The topological polar surface area (TPSA) is 16.1 Å². The lowest BCUT2D eigenvalue weighted by atomic mass is 9.87. The second kappa shape index (κ2) is 5.47. The molecule has 128 valence electrons. The number of fused-ring (bicyclic) bond motifs is 2. The molecule has 0 N–H and O–H groups in total. The lowest BCUT2D eigenvalue weighted by Gasteiger charge is -2.26. The summed E-state index contributed by atoms with van der Waals surface area (Å²) in [5.74, 6) is 0. The molecule has 1 aliphatic rings. The number of hydrogen-bond donors (Lipinski definition) is 0. The third-order valence-corrected chi connectivity index (χ3v) is 5.63. The zero-order valence-corrected chi connectivity index (χ0v) is 16.2. The second-order valence-electron chi connectivity index (χ2n) is 7.82. The van der Waals surface area contributed by atoms with Crippen molar-refractivity contribution in [2.75, 3.05) is 11.4 Å². The minimum absolute atomic E-state index is 0.109. The first kappa shape index (κ1) is 16.4. The number of hydrogen-bond acceptors (Lipinski definition) is 2. The van der Waals surface area contributed by atoms with Gasteiger partial charge in [-0.05, 0) is 61.7 Å². The molecule has 3 heteroatoms. The summed E-state index contributed by atoms with van der Waals surface area (Å²) in [5, 5.41) is 1.88. The van der Waals surface area contributed by atoms with Crippen LogP contribution >= 0.6 is 11.6 Å². The Kier molecular flexibility index (Phi) is 3.59. The van der Waals surface area contributed by atoms with Crippen LogP contribution in [0.25, 0.3) is 10.9 Å². The lowest BCUT2D eigenvalue weighted by molar-refractivity contribution is 0.569. The van der Waals surface area contributed by atoms with Crippen molar-refractivity contribution in [3.63, 3.8) is 0 Å². The number of anilines is 2. The van der Waals surface area contributed by atoms with Gasteiger partial charge in [0.05, 0.1) is 11.2 Å². The standard InChI is InChI=1S/C22H23ClN2/c1-13-6-8-18-20(10-13)25(12-22(18,4)5)21-14(2)15(3)24-19-9-7-16(23)11-17(19)21/h6-11H,12H2,1-5H3. The van der Waals surface area contributed by atoms with Crippen molar-refractivity contribution in [3.05, 3.63) is 63.8 Å². The molecule has 0 bridgehead atoms. The lowest BCUT2D eigenvalue weighted by Crippen LogP contribution is -2.25. The maximum atomic E-state index is 6.32. The highest BCUT2D eigenvalue weighted by Crippen LogP contribution is 2.47. The van der Waals surface area contributed by atoms with Crippen molar-refractivity contribution in [2.45, 2.75) is 40.0 Å². The molecular formula is C22H23ClN2. The van der Waals surface area contributed by atoms with Gasteiger partial charge in [0.2, 0.25) is 0 Å². The van der Waals surface area contributed by atoms with E-state index < -0.39 is 0 Å². The molecule has 0 aliphatic carbocycles. The number of rotatable bonds is 1. The maximum absolute atomic E-state index is 6.32. The molecule has 3 aromatic rings. The molecule has 0 atom stereocenters. The van der Waals surface area contributed by atoms with Crippen LogP contribution in [-0.2, 0) is 5.41 Å². The van der Waals surface area contributed by atoms with E-state index in [1.54, 1.807) is 0 Å². The van der Waals surface area contributed by atoms with Gasteiger partial charge in [-0.15, -0.1) is 0 Å². The molecule has 2 aromatic carbocycles. The number of pyridine rings is 1. The molecule has 0 fully saturated rings. The van der Waals surface area contributed by atoms with Gasteiger partial charge in [0.1, 0.15) is 0 Å². The van der Waals surface area contributed by atoms with Gasteiger partial charge < -0.3 is 4.90 Å². The van der Waals surface area contributed by atoms with Crippen LogP contribution in [0, 0.1) is 20.8 Å². The van der Waals surface area contributed by atoms with E-state index in [0.717, 1.165) is 28.2 Å². The number of aryl methyl sites for hydroxylation is 2. The van der Waals surface area contributed by atoms with Gasteiger partial charge in [-0.2, -0.15) is 0 Å². The van der Waals surface area contributed by atoms with Crippen LogP contribution in [0.4, 0.5) is 11.4 Å². The molecule has 2 heterocycles. The highest BCUT2D eigenvalue weighted by Gasteiger charge is 2.37. The van der Waals surface area contributed by atoms with E-state index in [9.17, 15) is 0 Å². The van der Waals surface area contributed by atoms with E-state index >= 15 is 0 Å². The van der Waals surface area contributed by atoms with Crippen LogP contribution in [0.3, 0.4) is 0 Å². The molecular weight excluding hydrogens is 328 g/mol. The van der Waals surface area contributed by atoms with Crippen LogP contribution in [0.1, 0.15) is 36.2 Å². The maximum Gasteiger partial charge on any atom is 0.0727 e. The van der Waals surface area contributed by atoms with E-state index in [1.807, 2.05) is 18.2 Å². The highest BCUT2D eigenvalue weighted by molar-refractivity contribution is 6.31. The molecule has 0 saturated heterocycles.